The largest absolute Gasteiger partial charge is 0.330 e. The Morgan fingerprint density at radius 3 is 2.60 bits per heavy atom. The van der Waals surface area contributed by atoms with Gasteiger partial charge in [0.2, 0.25) is 5.91 Å². The molecular weight excluding hydrogens is 255 g/mol. The number of nitrogens with two attached hydrogens (primary N) is 1. The molecule has 0 aliphatic carbocycles. The van der Waals surface area contributed by atoms with Gasteiger partial charge in [0.25, 0.3) is 0 Å². The Morgan fingerprint density at radius 2 is 2.05 bits per heavy atom. The van der Waals surface area contributed by atoms with Crippen LogP contribution in [0.3, 0.4) is 0 Å². The average molecular weight is 280 g/mol. The molecule has 0 heterocycles. The van der Waals surface area contributed by atoms with Crippen molar-refractivity contribution in [1.82, 2.24) is 0 Å². The number of benzene rings is 1. The lowest BCUT2D eigenvalue weighted by Gasteiger charge is -2.19. The molecule has 112 valence electrons. The number of carbonyl (C=O) groups is 1. The predicted octanol–water partition coefficient (Wildman–Crippen LogP) is 3.47. The summed E-state index contributed by atoms with van der Waals surface area (Å²) >= 11 is 0. The highest BCUT2D eigenvalue weighted by Gasteiger charge is 2.15. The smallest absolute Gasteiger partial charge is 0.224 e. The maximum atomic E-state index is 13.6. The highest BCUT2D eigenvalue weighted by atomic mass is 19.1. The molecule has 0 radical (unpaired) electrons. The molecule has 3 nitrogen and oxygen atoms in total. The van der Waals surface area contributed by atoms with Crippen molar-refractivity contribution in [1.29, 1.82) is 0 Å². The monoisotopic (exact) mass is 280 g/mol. The van der Waals surface area contributed by atoms with Crippen molar-refractivity contribution < 1.29 is 9.18 Å². The molecule has 1 aromatic rings. The highest BCUT2D eigenvalue weighted by Crippen LogP contribution is 2.22. The molecule has 0 bridgehead atoms. The second-order valence-corrected chi connectivity index (χ2v) is 5.60. The Bertz CT molecular complexity index is 426. The minimum atomic E-state index is -0.388. The third-order valence-corrected chi connectivity index (χ3v) is 3.71. The van der Waals surface area contributed by atoms with E-state index in [1.807, 2.05) is 0 Å². The van der Waals surface area contributed by atoms with E-state index in [0.717, 1.165) is 18.4 Å². The Labute approximate surface area is 120 Å². The van der Waals surface area contributed by atoms with Gasteiger partial charge in [-0.15, -0.1) is 0 Å². The van der Waals surface area contributed by atoms with E-state index in [9.17, 15) is 9.18 Å². The number of amides is 1. The fourth-order valence-corrected chi connectivity index (χ4v) is 2.33. The molecule has 1 amide bonds. The standard InChI is InChI=1S/C16H25FN2O/c1-11(2)13(9-10-18)7-8-15(20)19-16-12(3)5-4-6-14(16)17/h4-6,11,13H,7-10,18H2,1-3H3,(H,19,20). The number of hydrogen-bond acceptors (Lipinski definition) is 2. The highest BCUT2D eigenvalue weighted by molar-refractivity contribution is 5.91. The van der Waals surface area contributed by atoms with Crippen molar-refractivity contribution in [2.75, 3.05) is 11.9 Å². The maximum absolute atomic E-state index is 13.6. The Kier molecular flexibility index (Phi) is 6.65. The van der Waals surface area contributed by atoms with E-state index in [1.165, 1.54) is 6.07 Å². The third kappa shape index (κ3) is 4.93. The van der Waals surface area contributed by atoms with Gasteiger partial charge >= 0.3 is 0 Å². The Hall–Kier alpha value is -1.42. The van der Waals surface area contributed by atoms with Crippen molar-refractivity contribution in [3.05, 3.63) is 29.6 Å². The molecular formula is C16H25FN2O. The lowest BCUT2D eigenvalue weighted by molar-refractivity contribution is -0.116. The van der Waals surface area contributed by atoms with Crippen LogP contribution in [0, 0.1) is 24.6 Å². The van der Waals surface area contributed by atoms with Crippen LogP contribution in [0.4, 0.5) is 10.1 Å². The van der Waals surface area contributed by atoms with E-state index < -0.39 is 0 Å². The molecule has 4 heteroatoms. The van der Waals surface area contributed by atoms with Crippen LogP contribution in [-0.2, 0) is 4.79 Å². The zero-order valence-electron chi connectivity index (χ0n) is 12.6. The molecule has 0 aliphatic rings. The van der Waals surface area contributed by atoms with Crippen molar-refractivity contribution in [3.63, 3.8) is 0 Å². The van der Waals surface area contributed by atoms with Gasteiger partial charge in [-0.05, 0) is 49.8 Å². The number of halogens is 1. The second-order valence-electron chi connectivity index (χ2n) is 5.60. The Morgan fingerprint density at radius 1 is 1.35 bits per heavy atom. The topological polar surface area (TPSA) is 55.1 Å². The van der Waals surface area contributed by atoms with E-state index in [-0.39, 0.29) is 17.4 Å². The Balaban J connectivity index is 2.55. The van der Waals surface area contributed by atoms with Gasteiger partial charge in [0.15, 0.2) is 0 Å². The summed E-state index contributed by atoms with van der Waals surface area (Å²) in [5, 5.41) is 2.67. The summed E-state index contributed by atoms with van der Waals surface area (Å²) in [6.45, 7) is 6.69. The fraction of sp³-hybridized carbons (Fsp3) is 0.562. The number of aryl methyl sites for hydroxylation is 1. The summed E-state index contributed by atoms with van der Waals surface area (Å²) in [4.78, 5) is 11.9. The SMILES string of the molecule is Cc1cccc(F)c1NC(=O)CCC(CCN)C(C)C. The van der Waals surface area contributed by atoms with Gasteiger partial charge in [-0.1, -0.05) is 26.0 Å². The quantitative estimate of drug-likeness (QED) is 0.803. The van der Waals surface area contributed by atoms with Crippen molar-refractivity contribution in [2.24, 2.45) is 17.6 Å². The molecule has 0 saturated heterocycles. The van der Waals surface area contributed by atoms with Crippen LogP contribution in [0.5, 0.6) is 0 Å². The summed E-state index contributed by atoms with van der Waals surface area (Å²) in [6.07, 6.45) is 2.11. The molecule has 0 aromatic heterocycles. The molecule has 20 heavy (non-hydrogen) atoms. The molecule has 0 aliphatic heterocycles. The summed E-state index contributed by atoms with van der Waals surface area (Å²) in [5.74, 6) is 0.413. The van der Waals surface area contributed by atoms with Gasteiger partial charge in [0.05, 0.1) is 5.69 Å². The molecule has 0 fully saturated rings. The van der Waals surface area contributed by atoms with E-state index in [1.54, 1.807) is 19.1 Å². The van der Waals surface area contributed by atoms with E-state index in [0.29, 0.717) is 24.8 Å². The lowest BCUT2D eigenvalue weighted by atomic mass is 9.88. The van der Waals surface area contributed by atoms with Gasteiger partial charge < -0.3 is 11.1 Å². The molecule has 1 unspecified atom stereocenters. The van der Waals surface area contributed by atoms with Gasteiger partial charge in [-0.2, -0.15) is 0 Å². The number of anilines is 1. The van der Waals surface area contributed by atoms with Crippen LogP contribution in [-0.4, -0.2) is 12.5 Å². The number of nitrogens with one attached hydrogen (secondary N) is 1. The van der Waals surface area contributed by atoms with E-state index in [2.05, 4.69) is 19.2 Å². The maximum Gasteiger partial charge on any atom is 0.224 e. The van der Waals surface area contributed by atoms with Gasteiger partial charge in [0.1, 0.15) is 5.82 Å². The van der Waals surface area contributed by atoms with Crippen LogP contribution in [0.1, 0.15) is 38.7 Å². The van der Waals surface area contributed by atoms with Gasteiger partial charge in [-0.25, -0.2) is 4.39 Å². The number of hydrogen-bond donors (Lipinski definition) is 2. The van der Waals surface area contributed by atoms with Gasteiger partial charge in [-0.3, -0.25) is 4.79 Å². The summed E-state index contributed by atoms with van der Waals surface area (Å²) < 4.78 is 13.6. The number of carbonyl (C=O) groups excluding carboxylic acids is 1. The molecule has 1 aromatic carbocycles. The van der Waals surface area contributed by atoms with Crippen LogP contribution >= 0.6 is 0 Å². The van der Waals surface area contributed by atoms with Crippen LogP contribution in [0.2, 0.25) is 0 Å². The first-order chi connectivity index (χ1) is 9.45. The van der Waals surface area contributed by atoms with Crippen LogP contribution in [0.25, 0.3) is 0 Å². The first-order valence-electron chi connectivity index (χ1n) is 7.20. The fourth-order valence-electron chi connectivity index (χ4n) is 2.33. The second kappa shape index (κ2) is 8.00. The predicted molar refractivity (Wildman–Crippen MR) is 81.0 cm³/mol. The normalized spacial score (nSPS) is 12.5. The minimum absolute atomic E-state index is 0.138. The van der Waals surface area contributed by atoms with Crippen LogP contribution < -0.4 is 11.1 Å². The van der Waals surface area contributed by atoms with E-state index in [4.69, 9.17) is 5.73 Å². The summed E-state index contributed by atoms with van der Waals surface area (Å²) in [6, 6.07) is 4.77. The van der Waals surface area contributed by atoms with Gasteiger partial charge in [0, 0.05) is 6.42 Å². The molecule has 0 saturated carbocycles. The molecule has 1 atom stereocenters. The minimum Gasteiger partial charge on any atom is -0.330 e. The first kappa shape index (κ1) is 16.6. The molecule has 0 spiro atoms. The van der Waals surface area contributed by atoms with Crippen molar-refractivity contribution >= 4 is 11.6 Å². The summed E-state index contributed by atoms with van der Waals surface area (Å²) in [5.41, 5.74) is 6.61. The van der Waals surface area contributed by atoms with Crippen LogP contribution in [0.15, 0.2) is 18.2 Å². The van der Waals surface area contributed by atoms with Crippen molar-refractivity contribution in [2.45, 2.75) is 40.0 Å². The third-order valence-electron chi connectivity index (χ3n) is 3.71. The van der Waals surface area contributed by atoms with Crippen molar-refractivity contribution in [3.8, 4) is 0 Å². The zero-order chi connectivity index (χ0) is 15.1. The number of rotatable bonds is 7. The molecule has 3 N–H and O–H groups in total. The zero-order valence-corrected chi connectivity index (χ0v) is 12.6. The lowest BCUT2D eigenvalue weighted by Crippen LogP contribution is -2.19. The average Bonchev–Trinajstić information content (AvgIpc) is 2.38. The first-order valence-corrected chi connectivity index (χ1v) is 7.20. The molecule has 1 rings (SSSR count). The summed E-state index contributed by atoms with van der Waals surface area (Å²) in [7, 11) is 0. The van der Waals surface area contributed by atoms with E-state index >= 15 is 0 Å². The number of para-hydroxylation sites is 1.